The third kappa shape index (κ3) is 31.4. The van der Waals surface area contributed by atoms with Crippen LogP contribution in [0.5, 0.6) is 0 Å². The van der Waals surface area contributed by atoms with Crippen molar-refractivity contribution in [2.45, 2.75) is 236 Å². The molecule has 0 saturated heterocycles. The summed E-state index contributed by atoms with van der Waals surface area (Å²) in [6, 6.07) is 0. The van der Waals surface area contributed by atoms with E-state index in [4.69, 9.17) is 18.5 Å². The summed E-state index contributed by atoms with van der Waals surface area (Å²) in [5.74, 6) is -1.12. The Hall–Kier alpha value is -2.19. The summed E-state index contributed by atoms with van der Waals surface area (Å²) in [5.41, 5.74) is 0. The lowest BCUT2D eigenvalue weighted by molar-refractivity contribution is -0.220. The van der Waals surface area contributed by atoms with E-state index < -0.39 is 75.7 Å². The van der Waals surface area contributed by atoms with Gasteiger partial charge in [0.25, 0.3) is 0 Å². The van der Waals surface area contributed by atoms with Crippen molar-refractivity contribution in [3.05, 3.63) is 48.6 Å². The van der Waals surface area contributed by atoms with Crippen LogP contribution in [0.15, 0.2) is 48.6 Å². The molecule has 1 rings (SSSR count). The van der Waals surface area contributed by atoms with E-state index in [0.717, 1.165) is 83.5 Å². The molecule has 13 nitrogen and oxygen atoms in total. The van der Waals surface area contributed by atoms with E-state index in [1.165, 1.54) is 70.6 Å². The van der Waals surface area contributed by atoms with E-state index >= 15 is 0 Å². The van der Waals surface area contributed by atoms with Crippen molar-refractivity contribution in [3.63, 3.8) is 0 Å². The van der Waals surface area contributed by atoms with E-state index in [2.05, 4.69) is 62.5 Å². The van der Waals surface area contributed by atoms with Crippen molar-refractivity contribution in [1.29, 1.82) is 0 Å². The Kier molecular flexibility index (Phi) is 36.4. The highest BCUT2D eigenvalue weighted by Gasteiger charge is 2.51. The van der Waals surface area contributed by atoms with Crippen molar-refractivity contribution in [2.75, 3.05) is 13.2 Å². The van der Waals surface area contributed by atoms with Crippen LogP contribution in [-0.4, -0.2) is 98.3 Å². The Morgan fingerprint density at radius 3 is 1.29 bits per heavy atom. The molecule has 0 heterocycles. The van der Waals surface area contributed by atoms with Crippen LogP contribution in [0.25, 0.3) is 0 Å². The summed E-state index contributed by atoms with van der Waals surface area (Å²) in [6.45, 7) is 3.24. The summed E-state index contributed by atoms with van der Waals surface area (Å²) in [5, 5.41) is 50.2. The smallest absolute Gasteiger partial charge is 0.462 e. The minimum absolute atomic E-state index is 0.0789. The van der Waals surface area contributed by atoms with Crippen LogP contribution in [0.2, 0.25) is 0 Å². The highest BCUT2D eigenvalue weighted by atomic mass is 31.2. The number of aliphatic hydroxyl groups excluding tert-OH is 5. The SMILES string of the molecule is CCCCCC=CCC=CCCCCCCCCCCCC(=O)OC[C@H](COP(=O)(O)OC1C(O)C(O)C(O)[C@@H](O)C1O)OC(=O)CCCCCCCC=CCC=CCCCCC. The first kappa shape index (κ1) is 58.8. The second kappa shape index (κ2) is 39.0. The molecule has 8 atom stereocenters. The van der Waals surface area contributed by atoms with Gasteiger partial charge in [0.15, 0.2) is 6.10 Å². The molecule has 0 bridgehead atoms. The molecule has 1 fully saturated rings. The fourth-order valence-electron chi connectivity index (χ4n) is 7.17. The lowest BCUT2D eigenvalue weighted by Crippen LogP contribution is -2.64. The van der Waals surface area contributed by atoms with Gasteiger partial charge >= 0.3 is 19.8 Å². The van der Waals surface area contributed by atoms with E-state index in [9.17, 15) is 44.6 Å². The number of ether oxygens (including phenoxy) is 2. The fourth-order valence-corrected chi connectivity index (χ4v) is 8.14. The molecule has 0 amide bonds. The van der Waals surface area contributed by atoms with Gasteiger partial charge in [-0.2, -0.15) is 0 Å². The molecular formula is C49H87O13P. The van der Waals surface area contributed by atoms with Crippen molar-refractivity contribution in [2.24, 2.45) is 0 Å². The molecule has 0 aliphatic heterocycles. The highest BCUT2D eigenvalue weighted by molar-refractivity contribution is 7.47. The molecule has 1 saturated carbocycles. The number of rotatable bonds is 40. The summed E-state index contributed by atoms with van der Waals surface area (Å²) >= 11 is 0. The molecule has 366 valence electrons. The second-order valence-corrected chi connectivity index (χ2v) is 18.4. The van der Waals surface area contributed by atoms with E-state index in [1.807, 2.05) is 0 Å². The van der Waals surface area contributed by atoms with Gasteiger partial charge in [-0.15, -0.1) is 0 Å². The van der Waals surface area contributed by atoms with Crippen LogP contribution in [-0.2, 0) is 32.7 Å². The maximum absolute atomic E-state index is 12.8. The van der Waals surface area contributed by atoms with Crippen LogP contribution < -0.4 is 0 Å². The largest absolute Gasteiger partial charge is 0.472 e. The lowest BCUT2D eigenvalue weighted by atomic mass is 9.85. The van der Waals surface area contributed by atoms with Crippen LogP contribution >= 0.6 is 7.82 Å². The second-order valence-electron chi connectivity index (χ2n) is 17.0. The fraction of sp³-hybridized carbons (Fsp3) is 0.796. The zero-order valence-corrected chi connectivity index (χ0v) is 39.8. The van der Waals surface area contributed by atoms with Crippen molar-refractivity contribution >= 4 is 19.8 Å². The first-order valence-corrected chi connectivity index (χ1v) is 25.9. The number of phosphoric ester groups is 1. The highest BCUT2D eigenvalue weighted by Crippen LogP contribution is 2.47. The van der Waals surface area contributed by atoms with Crippen LogP contribution in [0, 0.1) is 0 Å². The van der Waals surface area contributed by atoms with Crippen molar-refractivity contribution in [1.82, 2.24) is 0 Å². The first-order chi connectivity index (χ1) is 30.4. The van der Waals surface area contributed by atoms with Gasteiger partial charge in [-0.1, -0.05) is 152 Å². The van der Waals surface area contributed by atoms with Gasteiger partial charge < -0.3 is 39.9 Å². The van der Waals surface area contributed by atoms with Gasteiger partial charge in [0, 0.05) is 12.8 Å². The molecular weight excluding hydrogens is 827 g/mol. The molecule has 63 heavy (non-hydrogen) atoms. The Morgan fingerprint density at radius 2 is 0.857 bits per heavy atom. The van der Waals surface area contributed by atoms with Gasteiger partial charge in [-0.3, -0.25) is 18.6 Å². The van der Waals surface area contributed by atoms with Gasteiger partial charge in [-0.05, 0) is 77.0 Å². The Labute approximate surface area is 380 Å². The minimum Gasteiger partial charge on any atom is -0.462 e. The van der Waals surface area contributed by atoms with E-state index in [0.29, 0.717) is 12.8 Å². The molecule has 0 aromatic heterocycles. The van der Waals surface area contributed by atoms with Crippen LogP contribution in [0.1, 0.15) is 194 Å². The summed E-state index contributed by atoms with van der Waals surface area (Å²) < 4.78 is 33.6. The zero-order valence-electron chi connectivity index (χ0n) is 38.9. The third-order valence-corrected chi connectivity index (χ3v) is 12.1. The number of aliphatic hydroxyl groups is 5. The molecule has 14 heteroatoms. The number of carbonyl (C=O) groups excluding carboxylic acids is 2. The molecule has 0 aromatic rings. The number of allylic oxidation sites excluding steroid dienone is 8. The van der Waals surface area contributed by atoms with Crippen molar-refractivity contribution < 1.29 is 63.1 Å². The topological polar surface area (TPSA) is 210 Å². The number of esters is 2. The summed E-state index contributed by atoms with van der Waals surface area (Å²) in [4.78, 5) is 35.8. The number of hydrogen-bond acceptors (Lipinski definition) is 12. The van der Waals surface area contributed by atoms with Crippen molar-refractivity contribution in [3.8, 4) is 0 Å². The number of phosphoric acid groups is 1. The quantitative estimate of drug-likeness (QED) is 0.0147. The molecule has 6 unspecified atom stereocenters. The standard InChI is InChI=1S/C49H87O13P/c1-3-5-7-9-11-13-15-17-19-20-21-22-24-25-27-29-31-33-35-37-42(50)59-39-41(40-60-63(57,58)62-49-47(55)45(53)44(52)46(54)48(49)56)61-43(51)38-36-34-32-30-28-26-23-18-16-14-12-10-8-6-4-2/h11-14,17-19,23,41,44-49,52-56H,3-10,15-16,20-22,24-40H2,1-2H3,(H,57,58)/t41-,44?,45-,46?,47?,48?,49?/m1/s1. The van der Waals surface area contributed by atoms with E-state index in [-0.39, 0.29) is 12.8 Å². The monoisotopic (exact) mass is 915 g/mol. The lowest BCUT2D eigenvalue weighted by Gasteiger charge is -2.41. The number of unbranched alkanes of at least 4 members (excludes halogenated alkanes) is 20. The van der Waals surface area contributed by atoms with Gasteiger partial charge in [0.2, 0.25) is 0 Å². The zero-order chi connectivity index (χ0) is 46.4. The van der Waals surface area contributed by atoms with Crippen LogP contribution in [0.4, 0.5) is 0 Å². The molecule has 1 aliphatic carbocycles. The predicted octanol–water partition coefficient (Wildman–Crippen LogP) is 9.95. The average Bonchev–Trinajstić information content (AvgIpc) is 3.26. The van der Waals surface area contributed by atoms with Crippen LogP contribution in [0.3, 0.4) is 0 Å². The maximum atomic E-state index is 12.8. The van der Waals surface area contributed by atoms with Gasteiger partial charge in [0.05, 0.1) is 6.61 Å². The Balaban J connectivity index is 2.43. The third-order valence-electron chi connectivity index (χ3n) is 11.1. The maximum Gasteiger partial charge on any atom is 0.472 e. The Bertz CT molecular complexity index is 1290. The van der Waals surface area contributed by atoms with E-state index in [1.54, 1.807) is 0 Å². The predicted molar refractivity (Wildman–Crippen MR) is 249 cm³/mol. The van der Waals surface area contributed by atoms with Gasteiger partial charge in [-0.25, -0.2) is 4.57 Å². The molecule has 1 aliphatic rings. The molecule has 0 spiro atoms. The molecule has 0 radical (unpaired) electrons. The molecule has 6 N–H and O–H groups in total. The van der Waals surface area contributed by atoms with Gasteiger partial charge in [0.1, 0.15) is 43.2 Å². The molecule has 0 aromatic carbocycles. The summed E-state index contributed by atoms with van der Waals surface area (Å²) in [6.07, 6.45) is 33.0. The first-order valence-electron chi connectivity index (χ1n) is 24.4. The number of hydrogen-bond donors (Lipinski definition) is 6. The average molecular weight is 915 g/mol. The normalized spacial score (nSPS) is 22.1. The Morgan fingerprint density at radius 1 is 0.492 bits per heavy atom. The number of carbonyl (C=O) groups is 2. The minimum atomic E-state index is -5.13. The summed E-state index contributed by atoms with van der Waals surface area (Å²) in [7, 11) is -5.13.